The lowest BCUT2D eigenvalue weighted by molar-refractivity contribution is -0.142. The number of aliphatic hydroxyl groups is 1. The van der Waals surface area contributed by atoms with Gasteiger partial charge in [0.15, 0.2) is 0 Å². The number of nitrogens with two attached hydrogens (primary N) is 4. The lowest BCUT2D eigenvalue weighted by Crippen LogP contribution is -2.61. The van der Waals surface area contributed by atoms with E-state index >= 15 is 0 Å². The number of phenols is 1. The quantitative estimate of drug-likeness (QED) is 0.0173. The van der Waals surface area contributed by atoms with E-state index in [1.807, 2.05) is 18.2 Å². The van der Waals surface area contributed by atoms with E-state index in [0.29, 0.717) is 58.8 Å². The lowest BCUT2D eigenvalue weighted by atomic mass is 9.99. The molecular weight excluding hydrogens is 1950 g/mol. The van der Waals surface area contributed by atoms with Gasteiger partial charge in [-0.3, -0.25) is 91.1 Å². The predicted octanol–water partition coefficient (Wildman–Crippen LogP) is -2.72. The van der Waals surface area contributed by atoms with Crippen LogP contribution in [-0.2, 0) is 128 Å². The Morgan fingerprint density at radius 2 is 0.620 bits per heavy atom. The number of para-hydroxylation sites is 1. The molecular formula is C103H146N22O25. The number of nitrogens with one attached hydrogen (secondary N) is 18. The fourth-order valence-electron chi connectivity index (χ4n) is 16.0. The van der Waals surface area contributed by atoms with E-state index in [9.17, 15) is 121 Å². The van der Waals surface area contributed by atoms with Crippen LogP contribution in [0.3, 0.4) is 0 Å². The Morgan fingerprint density at radius 1 is 0.307 bits per heavy atom. The van der Waals surface area contributed by atoms with E-state index in [1.54, 1.807) is 131 Å². The molecule has 6 rings (SSSR count). The van der Waals surface area contributed by atoms with Crippen LogP contribution in [0.15, 0.2) is 146 Å². The zero-order valence-corrected chi connectivity index (χ0v) is 85.5. The Kier molecular flexibility index (Phi) is 52.6. The number of aliphatic carboxylic acids is 3. The normalized spacial score (nSPS) is 14.2. The summed E-state index contributed by atoms with van der Waals surface area (Å²) in [7, 11) is 0. The number of hydrogen-bond donors (Lipinski definition) is 27. The second-order valence-electron chi connectivity index (χ2n) is 38.0. The molecule has 5 aromatic carbocycles. The number of aromatic hydroxyl groups is 1. The minimum atomic E-state index is -1.96. The van der Waals surface area contributed by atoms with E-state index in [1.165, 1.54) is 52.0 Å². The Hall–Kier alpha value is -15.4. The van der Waals surface area contributed by atoms with Gasteiger partial charge in [0.2, 0.25) is 100 Å². The number of aromatic nitrogens is 1. The van der Waals surface area contributed by atoms with Gasteiger partial charge in [-0.15, -0.1) is 0 Å². The molecule has 0 bridgehead atoms. The molecule has 31 N–H and O–H groups in total. The van der Waals surface area contributed by atoms with Crippen molar-refractivity contribution in [3.8, 4) is 5.75 Å². The highest BCUT2D eigenvalue weighted by molar-refractivity contribution is 6.02. The van der Waals surface area contributed by atoms with Crippen LogP contribution in [0.5, 0.6) is 5.75 Å². The van der Waals surface area contributed by atoms with Crippen LogP contribution in [-0.4, -0.2) is 285 Å². The molecule has 6 aromatic rings. The average molecular weight is 2090 g/mol. The van der Waals surface area contributed by atoms with Gasteiger partial charge in [-0.1, -0.05) is 177 Å². The number of carboxylic acids is 3. The number of fused-ring (bicyclic) bond motifs is 1. The SMILES string of the molecule is CC(C)C[C@H](NC(=O)[C@@H](NC(=O)[C@H](CO)NC(=O)[C@H](CCCCN)NC(=O)[C@H](Cc1c[nH]c2ccccc12)NC(=O)[C@H](CCCCN)NC(=O)[C@@H](N)Cc1ccccc1)C(C)C)C(=O)N[C@@H](CCCCN)C(=O)NCC(=O)N[C@H](C(=O)N[C@@H](CC(=O)O)C(=O)NCC(=O)N[C@@H](Cc1ccccc1)C(=O)N[C@H](C(=O)N[C@@H](CC(=O)O)C(=O)NCC(=O)N[C@@H](Cc1ccc(O)cc1)C(=O)N[C@@H](Cc1ccccc1)C(=O)O)C(C)C)C(C)C. The number of hydrogen-bond acceptors (Lipinski definition) is 26. The van der Waals surface area contributed by atoms with Crippen molar-refractivity contribution in [2.45, 2.75) is 255 Å². The highest BCUT2D eigenvalue weighted by Gasteiger charge is 2.40. The molecule has 15 atom stereocenters. The number of H-pyrrole nitrogens is 1. The maximum absolute atomic E-state index is 14.9. The van der Waals surface area contributed by atoms with Gasteiger partial charge in [0.25, 0.3) is 0 Å². The molecule has 0 aliphatic heterocycles. The number of phenolic OH excluding ortho intramolecular Hbond substituents is 1. The fraction of sp³-hybridized carbons (Fsp3) is 0.495. The second-order valence-corrected chi connectivity index (χ2v) is 38.0. The Bertz CT molecular complexity index is 5500. The van der Waals surface area contributed by atoms with Crippen molar-refractivity contribution in [3.63, 3.8) is 0 Å². The topological polar surface area (TPSA) is 767 Å². The summed E-state index contributed by atoms with van der Waals surface area (Å²) in [4.78, 5) is 281. The summed E-state index contributed by atoms with van der Waals surface area (Å²) in [6.45, 7) is 9.30. The van der Waals surface area contributed by atoms with Gasteiger partial charge in [-0.05, 0) is 160 Å². The summed E-state index contributed by atoms with van der Waals surface area (Å²) in [6.07, 6.45) is 0.865. The van der Waals surface area contributed by atoms with E-state index in [-0.39, 0.29) is 102 Å². The van der Waals surface area contributed by atoms with Crippen molar-refractivity contribution in [1.29, 1.82) is 0 Å². The molecule has 47 heteroatoms. The van der Waals surface area contributed by atoms with E-state index in [4.69, 9.17) is 22.9 Å². The molecule has 150 heavy (non-hydrogen) atoms. The number of amides is 17. The summed E-state index contributed by atoms with van der Waals surface area (Å²) in [5.74, 6) is -24.3. The standard InChI is InChI=1S/C103H146N22O25/c1-57(2)44-73(118-101(147)88(60(7)8)125-99(145)80(56-126)122-94(140)72(36-22-25-43-106)116-97(143)76(49-65-52-108-69-33-19-18-32-67(65)69)117-93(139)71(35-21-24-42-105)114-89(135)68(107)45-61-26-12-9-13-27-61)95(141)115-70(34-20-23-41-104)90(136)109-55-83(130)123-86(58(3)4)100(146)119-77(50-84(131)132)91(137)111-54-82(129)113-75(46-62-28-14-10-15-29-62)98(144)124-87(59(5)6)102(148)120-78(51-85(133)134)92(138)110-53-81(128)112-74(47-64-37-39-66(127)40-38-64)96(142)121-79(103(149)150)48-63-30-16-11-17-31-63/h9-19,26-33,37-40,52,57-60,68,70-80,86-88,108,126-127H,20-25,34-36,41-51,53-56,104-107H2,1-8H3,(H,109,136)(H,110,138)(H,111,137)(H,112,128)(H,113,129)(H,114,135)(H,115,141)(H,116,143)(H,117,139)(H,118,147)(H,119,146)(H,120,148)(H,121,142)(H,122,140)(H,123,130)(H,124,144)(H,125,145)(H,131,132)(H,133,134)(H,149,150)/t68-,70-,71-,72-,73-,74-,75-,76-,77-,78-,79-,80-,86-,87-,88-/m0/s1. The van der Waals surface area contributed by atoms with Crippen LogP contribution < -0.4 is 113 Å². The number of aromatic amines is 1. The van der Waals surface area contributed by atoms with Gasteiger partial charge in [0.05, 0.1) is 45.1 Å². The largest absolute Gasteiger partial charge is 0.508 e. The zero-order valence-electron chi connectivity index (χ0n) is 85.5. The van der Waals surface area contributed by atoms with Crippen LogP contribution in [0.1, 0.15) is 160 Å². The maximum atomic E-state index is 14.9. The molecule has 1 heterocycles. The van der Waals surface area contributed by atoms with Gasteiger partial charge in [0.1, 0.15) is 90.3 Å². The monoisotopic (exact) mass is 2090 g/mol. The molecule has 0 aliphatic rings. The smallest absolute Gasteiger partial charge is 0.326 e. The number of carboxylic acid groups (broad SMARTS) is 3. The number of benzene rings is 5. The van der Waals surface area contributed by atoms with Gasteiger partial charge < -0.3 is 144 Å². The van der Waals surface area contributed by atoms with E-state index < -0.39 is 266 Å². The molecule has 0 unspecified atom stereocenters. The Labute approximate surface area is 868 Å². The van der Waals surface area contributed by atoms with Gasteiger partial charge in [-0.2, -0.15) is 0 Å². The third-order valence-corrected chi connectivity index (χ3v) is 24.2. The van der Waals surface area contributed by atoms with Crippen molar-refractivity contribution in [2.75, 3.05) is 45.9 Å². The highest BCUT2D eigenvalue weighted by Crippen LogP contribution is 2.22. The molecule has 818 valence electrons. The first kappa shape index (κ1) is 123. The third-order valence-electron chi connectivity index (χ3n) is 24.2. The minimum Gasteiger partial charge on any atom is -0.508 e. The molecule has 0 saturated heterocycles. The Morgan fingerprint density at radius 3 is 1.03 bits per heavy atom. The molecule has 0 aliphatic carbocycles. The Balaban J connectivity index is 1.08. The first-order valence-electron chi connectivity index (χ1n) is 50.0. The van der Waals surface area contributed by atoms with Crippen molar-refractivity contribution in [1.82, 2.24) is 95.4 Å². The van der Waals surface area contributed by atoms with Crippen LogP contribution in [0, 0.1) is 23.7 Å². The molecule has 0 fully saturated rings. The minimum absolute atomic E-state index is 0.0554. The fourth-order valence-corrected chi connectivity index (χ4v) is 16.0. The lowest BCUT2D eigenvalue weighted by Gasteiger charge is -2.29. The summed E-state index contributed by atoms with van der Waals surface area (Å²) < 4.78 is 0. The predicted molar refractivity (Wildman–Crippen MR) is 550 cm³/mol. The summed E-state index contributed by atoms with van der Waals surface area (Å²) in [6, 6.07) is 15.3. The van der Waals surface area contributed by atoms with Crippen LogP contribution in [0.2, 0.25) is 0 Å². The number of rotatable bonds is 67. The highest BCUT2D eigenvalue weighted by atomic mass is 16.4. The number of carbonyl (C=O) groups excluding carboxylic acids is 17. The van der Waals surface area contributed by atoms with Crippen molar-refractivity contribution in [3.05, 3.63) is 174 Å². The molecule has 0 spiro atoms. The van der Waals surface area contributed by atoms with Crippen LogP contribution in [0.25, 0.3) is 10.9 Å². The van der Waals surface area contributed by atoms with Crippen LogP contribution >= 0.6 is 0 Å². The average Bonchev–Trinajstić information content (AvgIpc) is 1.66. The maximum Gasteiger partial charge on any atom is 0.326 e. The zero-order chi connectivity index (χ0) is 111. The van der Waals surface area contributed by atoms with Gasteiger partial charge >= 0.3 is 17.9 Å². The molecule has 0 saturated carbocycles. The number of aliphatic hydroxyl groups excluding tert-OH is 1. The first-order valence-corrected chi connectivity index (χ1v) is 50.0. The van der Waals surface area contributed by atoms with Gasteiger partial charge in [0, 0.05) is 42.8 Å². The second kappa shape index (κ2) is 64.0. The van der Waals surface area contributed by atoms with Crippen LogP contribution in [0.4, 0.5) is 0 Å². The van der Waals surface area contributed by atoms with Crippen molar-refractivity contribution >= 4 is 129 Å². The van der Waals surface area contributed by atoms with Crippen molar-refractivity contribution in [2.24, 2.45) is 46.6 Å². The summed E-state index contributed by atoms with van der Waals surface area (Å²) in [5, 5.41) is 93.7. The van der Waals surface area contributed by atoms with E-state index in [2.05, 4.69) is 95.4 Å². The van der Waals surface area contributed by atoms with Crippen molar-refractivity contribution < 1.29 is 121 Å². The number of carbonyl (C=O) groups is 20. The third kappa shape index (κ3) is 43.2. The van der Waals surface area contributed by atoms with E-state index in [0.717, 1.165) is 5.56 Å². The molecule has 47 nitrogen and oxygen atoms in total. The first-order chi connectivity index (χ1) is 71.3. The molecule has 0 radical (unpaired) electrons. The summed E-state index contributed by atoms with van der Waals surface area (Å²) in [5.41, 5.74) is 27.4. The molecule has 1 aromatic heterocycles. The summed E-state index contributed by atoms with van der Waals surface area (Å²) >= 11 is 0. The van der Waals surface area contributed by atoms with Gasteiger partial charge in [-0.25, -0.2) is 4.79 Å². The number of unbranched alkanes of at least 4 members (excludes halogenated alkanes) is 3. The molecule has 17 amide bonds.